The van der Waals surface area contributed by atoms with E-state index in [1.807, 2.05) is 6.07 Å². The topological polar surface area (TPSA) is 25.2 Å². The third kappa shape index (κ3) is 4.49. The summed E-state index contributed by atoms with van der Waals surface area (Å²) < 4.78 is 15.8. The van der Waals surface area contributed by atoms with E-state index in [2.05, 4.69) is 11.8 Å². The fraction of sp³-hybridized carbons (Fsp3) is 0.571. The highest BCUT2D eigenvalue weighted by molar-refractivity contribution is 5.79. The Hall–Kier alpha value is -1.68. The summed E-state index contributed by atoms with van der Waals surface area (Å²) in [5.41, 5.74) is 0.323. The minimum atomic E-state index is -0.313. The van der Waals surface area contributed by atoms with Crippen LogP contribution in [0, 0.1) is 11.7 Å². The number of piperidine rings is 1. The molecule has 1 aromatic heterocycles. The molecule has 1 aliphatic heterocycles. The first-order chi connectivity index (χ1) is 12.2. The monoisotopic (exact) mass is 344 g/mol. The highest BCUT2D eigenvalue weighted by atomic mass is 19.1. The minimum absolute atomic E-state index is 0.115. The molecule has 0 unspecified atom stereocenters. The quantitative estimate of drug-likeness (QED) is 0.742. The number of pyridine rings is 1. The van der Waals surface area contributed by atoms with Crippen molar-refractivity contribution in [1.82, 2.24) is 9.47 Å². The molecule has 2 aromatic rings. The van der Waals surface area contributed by atoms with Gasteiger partial charge >= 0.3 is 0 Å². The Kier molecular flexibility index (Phi) is 6.24. The highest BCUT2D eigenvalue weighted by Crippen LogP contribution is 2.22. The van der Waals surface area contributed by atoms with Gasteiger partial charge < -0.3 is 9.47 Å². The van der Waals surface area contributed by atoms with E-state index in [4.69, 9.17) is 0 Å². The minimum Gasteiger partial charge on any atom is -0.306 e. The molecule has 1 fully saturated rings. The molecule has 0 atom stereocenters. The van der Waals surface area contributed by atoms with Crippen molar-refractivity contribution in [1.29, 1.82) is 0 Å². The SMILES string of the molecule is CCCCC1CCN(CCCn2c(=O)ccc3cccc(F)c32)CC1. The summed E-state index contributed by atoms with van der Waals surface area (Å²) in [4.78, 5) is 14.7. The van der Waals surface area contributed by atoms with E-state index in [-0.39, 0.29) is 11.4 Å². The van der Waals surface area contributed by atoms with Gasteiger partial charge in [0.25, 0.3) is 5.56 Å². The molecule has 3 nitrogen and oxygen atoms in total. The molecule has 3 rings (SSSR count). The summed E-state index contributed by atoms with van der Waals surface area (Å²) in [6, 6.07) is 8.23. The number of nitrogens with zero attached hydrogens (tertiary/aromatic N) is 2. The lowest BCUT2D eigenvalue weighted by Crippen LogP contribution is -2.35. The average Bonchev–Trinajstić information content (AvgIpc) is 2.63. The average molecular weight is 344 g/mol. The first-order valence-corrected chi connectivity index (χ1v) is 9.69. The van der Waals surface area contributed by atoms with Gasteiger partial charge in [0.1, 0.15) is 5.82 Å². The van der Waals surface area contributed by atoms with Crippen LogP contribution in [0.4, 0.5) is 4.39 Å². The number of hydrogen-bond acceptors (Lipinski definition) is 2. The van der Waals surface area contributed by atoms with Crippen molar-refractivity contribution in [3.05, 3.63) is 46.5 Å². The maximum Gasteiger partial charge on any atom is 0.251 e. The lowest BCUT2D eigenvalue weighted by atomic mass is 9.91. The standard InChI is InChI=1S/C21H29FN2O/c1-2-3-6-17-11-15-23(16-12-17)13-5-14-24-20(25)10-9-18-7-4-8-19(22)21(18)24/h4,7-10,17H,2-3,5-6,11-16H2,1H3. The van der Waals surface area contributed by atoms with Crippen molar-refractivity contribution in [3.63, 3.8) is 0 Å². The Bertz CT molecular complexity index is 747. The largest absolute Gasteiger partial charge is 0.306 e. The van der Waals surface area contributed by atoms with Crippen LogP contribution in [0.3, 0.4) is 0 Å². The summed E-state index contributed by atoms with van der Waals surface area (Å²) in [7, 11) is 0. The van der Waals surface area contributed by atoms with E-state index < -0.39 is 0 Å². The molecule has 4 heteroatoms. The number of hydrogen-bond donors (Lipinski definition) is 0. The van der Waals surface area contributed by atoms with Gasteiger partial charge in [-0.2, -0.15) is 0 Å². The molecule has 0 saturated carbocycles. The second kappa shape index (κ2) is 8.61. The molecule has 1 aromatic carbocycles. The van der Waals surface area contributed by atoms with Crippen LogP contribution >= 0.6 is 0 Å². The van der Waals surface area contributed by atoms with Crippen LogP contribution in [0.25, 0.3) is 10.9 Å². The molecule has 0 aliphatic carbocycles. The van der Waals surface area contributed by atoms with E-state index in [1.165, 1.54) is 38.2 Å². The molecular weight excluding hydrogens is 315 g/mol. The van der Waals surface area contributed by atoms with Crippen LogP contribution in [0.5, 0.6) is 0 Å². The van der Waals surface area contributed by atoms with Crippen molar-refractivity contribution in [2.45, 2.75) is 52.0 Å². The Labute approximate surface area is 149 Å². The van der Waals surface area contributed by atoms with Crippen LogP contribution in [0.2, 0.25) is 0 Å². The lowest BCUT2D eigenvalue weighted by Gasteiger charge is -2.32. The normalized spacial score (nSPS) is 16.6. The number of likely N-dealkylation sites (tertiary alicyclic amines) is 1. The van der Waals surface area contributed by atoms with Crippen LogP contribution < -0.4 is 5.56 Å². The first kappa shape index (κ1) is 18.1. The number of halogens is 1. The van der Waals surface area contributed by atoms with Gasteiger partial charge in [0.2, 0.25) is 0 Å². The Balaban J connectivity index is 1.56. The highest BCUT2D eigenvalue weighted by Gasteiger charge is 2.18. The Morgan fingerprint density at radius 2 is 1.88 bits per heavy atom. The maximum absolute atomic E-state index is 14.2. The molecule has 0 spiro atoms. The van der Waals surface area contributed by atoms with Crippen molar-refractivity contribution >= 4 is 10.9 Å². The fourth-order valence-corrected chi connectivity index (χ4v) is 3.98. The lowest BCUT2D eigenvalue weighted by molar-refractivity contribution is 0.174. The van der Waals surface area contributed by atoms with Gasteiger partial charge in [0, 0.05) is 18.0 Å². The third-order valence-corrected chi connectivity index (χ3v) is 5.49. The summed E-state index contributed by atoms with van der Waals surface area (Å²) in [6.07, 6.45) is 7.48. The van der Waals surface area contributed by atoms with Gasteiger partial charge in [-0.1, -0.05) is 38.3 Å². The second-order valence-electron chi connectivity index (χ2n) is 7.28. The smallest absolute Gasteiger partial charge is 0.251 e. The van der Waals surface area contributed by atoms with Gasteiger partial charge in [0.15, 0.2) is 0 Å². The number of para-hydroxylation sites is 1. The number of unbranched alkanes of at least 4 members (excludes halogenated alkanes) is 1. The van der Waals surface area contributed by atoms with Gasteiger partial charge in [-0.25, -0.2) is 4.39 Å². The van der Waals surface area contributed by atoms with Gasteiger partial charge in [0.05, 0.1) is 5.52 Å². The predicted molar refractivity (Wildman–Crippen MR) is 101 cm³/mol. The zero-order valence-electron chi connectivity index (χ0n) is 15.2. The number of rotatable bonds is 7. The molecular formula is C21H29FN2O. The summed E-state index contributed by atoms with van der Waals surface area (Å²) in [5.74, 6) is 0.581. The number of aromatic nitrogens is 1. The van der Waals surface area contributed by atoms with E-state index in [0.29, 0.717) is 12.1 Å². The van der Waals surface area contributed by atoms with E-state index in [9.17, 15) is 9.18 Å². The molecule has 0 amide bonds. The zero-order valence-corrected chi connectivity index (χ0v) is 15.2. The fourth-order valence-electron chi connectivity index (χ4n) is 3.98. The van der Waals surface area contributed by atoms with Gasteiger partial charge in [-0.3, -0.25) is 4.79 Å². The van der Waals surface area contributed by atoms with Gasteiger partial charge in [-0.05, 0) is 56.9 Å². The van der Waals surface area contributed by atoms with Crippen molar-refractivity contribution in [3.8, 4) is 0 Å². The molecule has 0 N–H and O–H groups in total. The maximum atomic E-state index is 14.2. The number of aryl methyl sites for hydroxylation is 1. The summed E-state index contributed by atoms with van der Waals surface area (Å²) >= 11 is 0. The molecule has 0 bridgehead atoms. The van der Waals surface area contributed by atoms with Crippen LogP contribution in [-0.2, 0) is 6.54 Å². The summed E-state index contributed by atoms with van der Waals surface area (Å²) in [5, 5.41) is 0.788. The molecule has 136 valence electrons. The number of benzene rings is 1. The van der Waals surface area contributed by atoms with Gasteiger partial charge in [-0.15, -0.1) is 0 Å². The third-order valence-electron chi connectivity index (χ3n) is 5.49. The number of fused-ring (bicyclic) bond motifs is 1. The van der Waals surface area contributed by atoms with Crippen molar-refractivity contribution in [2.75, 3.05) is 19.6 Å². The molecule has 0 radical (unpaired) electrons. The van der Waals surface area contributed by atoms with Crippen LogP contribution in [-0.4, -0.2) is 29.1 Å². The van der Waals surface area contributed by atoms with Crippen LogP contribution in [0.15, 0.2) is 35.1 Å². The van der Waals surface area contributed by atoms with Crippen LogP contribution in [0.1, 0.15) is 45.4 Å². The Morgan fingerprint density at radius 3 is 2.64 bits per heavy atom. The molecule has 25 heavy (non-hydrogen) atoms. The summed E-state index contributed by atoms with van der Waals surface area (Å²) in [6.45, 7) is 6.14. The molecule has 1 saturated heterocycles. The predicted octanol–water partition coefficient (Wildman–Crippen LogP) is 4.43. The van der Waals surface area contributed by atoms with E-state index in [0.717, 1.165) is 37.4 Å². The zero-order chi connectivity index (χ0) is 17.6. The molecule has 2 heterocycles. The molecule has 1 aliphatic rings. The van der Waals surface area contributed by atoms with Crippen molar-refractivity contribution in [2.24, 2.45) is 5.92 Å². The van der Waals surface area contributed by atoms with E-state index >= 15 is 0 Å². The van der Waals surface area contributed by atoms with E-state index in [1.54, 1.807) is 22.8 Å². The van der Waals surface area contributed by atoms with Crippen molar-refractivity contribution < 1.29 is 4.39 Å². The Morgan fingerprint density at radius 1 is 1.08 bits per heavy atom. The second-order valence-corrected chi connectivity index (χ2v) is 7.28. The first-order valence-electron chi connectivity index (χ1n) is 9.69.